The first-order valence-electron chi connectivity index (χ1n) is 8.07. The number of aryl methyl sites for hydroxylation is 3. The van der Waals surface area contributed by atoms with Crippen LogP contribution in [-0.4, -0.2) is 29.1 Å². The first kappa shape index (κ1) is 13.9. The van der Waals surface area contributed by atoms with Gasteiger partial charge in [-0.3, -0.25) is 4.57 Å². The Morgan fingerprint density at radius 2 is 1.96 bits per heavy atom. The summed E-state index contributed by atoms with van der Waals surface area (Å²) in [5, 5.41) is 5.64. The van der Waals surface area contributed by atoms with Crippen LogP contribution < -0.4 is 0 Å². The fraction of sp³-hybridized carbons (Fsp3) is 0.294. The van der Waals surface area contributed by atoms with Crippen molar-refractivity contribution in [1.82, 2.24) is 29.1 Å². The van der Waals surface area contributed by atoms with Crippen LogP contribution in [0.15, 0.2) is 24.4 Å². The second kappa shape index (κ2) is 4.98. The average Bonchev–Trinajstić information content (AvgIpc) is 3.25. The number of pyridine rings is 1. The highest BCUT2D eigenvalue weighted by Crippen LogP contribution is 2.32. The molecule has 120 valence electrons. The Kier molecular flexibility index (Phi) is 2.87. The van der Waals surface area contributed by atoms with Crippen molar-refractivity contribution in [2.24, 2.45) is 0 Å². The van der Waals surface area contributed by atoms with Crippen LogP contribution in [-0.2, 0) is 12.8 Å². The number of hydrogen-bond donors (Lipinski definition) is 0. The van der Waals surface area contributed by atoms with Gasteiger partial charge in [-0.15, -0.1) is 5.10 Å². The Labute approximate surface area is 142 Å². The lowest BCUT2D eigenvalue weighted by atomic mass is 10.3. The Morgan fingerprint density at radius 1 is 1.04 bits per heavy atom. The molecule has 0 amide bonds. The molecule has 7 heteroatoms. The van der Waals surface area contributed by atoms with E-state index in [0.717, 1.165) is 52.3 Å². The van der Waals surface area contributed by atoms with Crippen LogP contribution in [0.1, 0.15) is 29.2 Å². The SMILES string of the molecule is Cc1cccc(-c2nc3c(n2-c2nn4cc(C)nc4s2)CCC3)n1. The van der Waals surface area contributed by atoms with E-state index in [4.69, 9.17) is 10.1 Å². The maximum absolute atomic E-state index is 4.89. The minimum atomic E-state index is 0.886. The Balaban J connectivity index is 1.75. The Hall–Kier alpha value is -2.54. The molecule has 0 radical (unpaired) electrons. The van der Waals surface area contributed by atoms with Crippen molar-refractivity contribution in [3.05, 3.63) is 47.2 Å². The molecular formula is C17H16N6S. The van der Waals surface area contributed by atoms with Crippen LogP contribution in [0, 0.1) is 13.8 Å². The highest BCUT2D eigenvalue weighted by Gasteiger charge is 2.26. The van der Waals surface area contributed by atoms with E-state index in [1.807, 2.05) is 42.8 Å². The van der Waals surface area contributed by atoms with Gasteiger partial charge in [0, 0.05) is 11.4 Å². The van der Waals surface area contributed by atoms with Gasteiger partial charge in [0.1, 0.15) is 5.69 Å². The molecule has 24 heavy (non-hydrogen) atoms. The molecule has 0 atom stereocenters. The first-order valence-corrected chi connectivity index (χ1v) is 8.88. The van der Waals surface area contributed by atoms with Crippen LogP contribution >= 0.6 is 11.3 Å². The van der Waals surface area contributed by atoms with E-state index in [1.165, 1.54) is 11.4 Å². The molecule has 6 nitrogen and oxygen atoms in total. The van der Waals surface area contributed by atoms with Crippen molar-refractivity contribution in [2.75, 3.05) is 0 Å². The predicted octanol–water partition coefficient (Wildman–Crippen LogP) is 3.14. The van der Waals surface area contributed by atoms with Crippen LogP contribution in [0.3, 0.4) is 0 Å². The molecule has 5 rings (SSSR count). The van der Waals surface area contributed by atoms with Gasteiger partial charge in [-0.1, -0.05) is 17.4 Å². The summed E-state index contributed by atoms with van der Waals surface area (Å²) in [6, 6.07) is 6.05. The zero-order valence-corrected chi connectivity index (χ0v) is 14.3. The van der Waals surface area contributed by atoms with Crippen molar-refractivity contribution in [2.45, 2.75) is 33.1 Å². The van der Waals surface area contributed by atoms with Gasteiger partial charge in [0.15, 0.2) is 5.82 Å². The van der Waals surface area contributed by atoms with E-state index in [-0.39, 0.29) is 0 Å². The van der Waals surface area contributed by atoms with E-state index in [2.05, 4.69) is 14.5 Å². The number of imidazole rings is 2. The van der Waals surface area contributed by atoms with Gasteiger partial charge in [0.2, 0.25) is 10.1 Å². The normalized spacial score (nSPS) is 13.8. The summed E-state index contributed by atoms with van der Waals surface area (Å²) in [7, 11) is 0. The van der Waals surface area contributed by atoms with Crippen LogP contribution in [0.5, 0.6) is 0 Å². The van der Waals surface area contributed by atoms with Gasteiger partial charge in [0.25, 0.3) is 0 Å². The van der Waals surface area contributed by atoms with Gasteiger partial charge in [-0.25, -0.2) is 19.5 Å². The molecule has 0 bridgehead atoms. The van der Waals surface area contributed by atoms with E-state index >= 15 is 0 Å². The first-order chi connectivity index (χ1) is 11.7. The quantitative estimate of drug-likeness (QED) is 0.564. The molecule has 0 aliphatic heterocycles. The summed E-state index contributed by atoms with van der Waals surface area (Å²) < 4.78 is 4.03. The second-order valence-corrected chi connectivity index (χ2v) is 7.11. The third kappa shape index (κ3) is 2.01. The van der Waals surface area contributed by atoms with Crippen LogP contribution in [0.25, 0.3) is 21.6 Å². The number of nitrogens with zero attached hydrogens (tertiary/aromatic N) is 6. The summed E-state index contributed by atoms with van der Waals surface area (Å²) in [6.07, 6.45) is 5.18. The number of rotatable bonds is 2. The standard InChI is InChI=1S/C17H16N6S/c1-10-5-3-7-13(18-10)15-20-12-6-4-8-14(12)23(15)17-21-22-9-11(2)19-16(22)24-17/h3,5,7,9H,4,6,8H2,1-2H3. The molecule has 1 aliphatic rings. The molecule has 0 aromatic carbocycles. The number of hydrogen-bond acceptors (Lipinski definition) is 5. The van der Waals surface area contributed by atoms with Crippen molar-refractivity contribution in [3.63, 3.8) is 0 Å². The smallest absolute Gasteiger partial charge is 0.218 e. The van der Waals surface area contributed by atoms with Gasteiger partial charge in [-0.2, -0.15) is 0 Å². The lowest BCUT2D eigenvalue weighted by molar-refractivity contribution is 0.828. The highest BCUT2D eigenvalue weighted by atomic mass is 32.1. The van der Waals surface area contributed by atoms with Gasteiger partial charge < -0.3 is 0 Å². The Bertz CT molecular complexity index is 1040. The molecule has 1 aliphatic carbocycles. The van der Waals surface area contributed by atoms with E-state index in [0.29, 0.717) is 0 Å². The monoisotopic (exact) mass is 336 g/mol. The van der Waals surface area contributed by atoms with Gasteiger partial charge in [-0.05, 0) is 45.2 Å². The molecule has 4 aromatic rings. The van der Waals surface area contributed by atoms with E-state index in [9.17, 15) is 0 Å². The average molecular weight is 336 g/mol. The predicted molar refractivity (Wildman–Crippen MR) is 92.7 cm³/mol. The van der Waals surface area contributed by atoms with Crippen molar-refractivity contribution >= 4 is 16.3 Å². The summed E-state index contributed by atoms with van der Waals surface area (Å²) in [6.45, 7) is 3.99. The lowest BCUT2D eigenvalue weighted by Crippen LogP contribution is -2.03. The zero-order valence-electron chi connectivity index (χ0n) is 13.5. The summed E-state index contributed by atoms with van der Waals surface area (Å²) >= 11 is 1.59. The molecular weight excluding hydrogens is 320 g/mol. The lowest BCUT2D eigenvalue weighted by Gasteiger charge is -2.07. The molecule has 0 saturated carbocycles. The minimum absolute atomic E-state index is 0.886. The summed E-state index contributed by atoms with van der Waals surface area (Å²) in [5.74, 6) is 0.886. The van der Waals surface area contributed by atoms with Crippen molar-refractivity contribution < 1.29 is 0 Å². The number of fused-ring (bicyclic) bond motifs is 2. The Morgan fingerprint density at radius 3 is 2.79 bits per heavy atom. The second-order valence-electron chi connectivity index (χ2n) is 6.18. The minimum Gasteiger partial charge on any atom is -0.269 e. The van der Waals surface area contributed by atoms with Crippen LogP contribution in [0.4, 0.5) is 0 Å². The summed E-state index contributed by atoms with van der Waals surface area (Å²) in [4.78, 5) is 15.0. The molecule has 0 saturated heterocycles. The maximum atomic E-state index is 4.89. The molecule has 4 heterocycles. The number of aromatic nitrogens is 6. The van der Waals surface area contributed by atoms with Crippen molar-refractivity contribution in [1.29, 1.82) is 0 Å². The fourth-order valence-electron chi connectivity index (χ4n) is 3.31. The molecule has 0 fully saturated rings. The summed E-state index contributed by atoms with van der Waals surface area (Å²) in [5.41, 5.74) is 5.32. The zero-order chi connectivity index (χ0) is 16.3. The highest BCUT2D eigenvalue weighted by molar-refractivity contribution is 7.19. The van der Waals surface area contributed by atoms with Gasteiger partial charge >= 0.3 is 0 Å². The third-order valence-corrected chi connectivity index (χ3v) is 5.25. The topological polar surface area (TPSA) is 60.9 Å². The molecule has 0 unspecified atom stereocenters. The molecule has 4 aromatic heterocycles. The largest absolute Gasteiger partial charge is 0.269 e. The van der Waals surface area contributed by atoms with Crippen molar-refractivity contribution in [3.8, 4) is 16.6 Å². The van der Waals surface area contributed by atoms with E-state index < -0.39 is 0 Å². The molecule has 0 spiro atoms. The third-order valence-electron chi connectivity index (χ3n) is 4.34. The molecule has 0 N–H and O–H groups in total. The maximum Gasteiger partial charge on any atom is 0.218 e. The van der Waals surface area contributed by atoms with Crippen LogP contribution in [0.2, 0.25) is 0 Å². The fourth-order valence-corrected chi connectivity index (χ4v) is 4.27. The van der Waals surface area contributed by atoms with E-state index in [1.54, 1.807) is 11.3 Å². The van der Waals surface area contributed by atoms with Gasteiger partial charge in [0.05, 0.1) is 17.6 Å².